The second-order valence-electron chi connectivity index (χ2n) is 6.44. The largest absolute Gasteiger partial charge is 0.494 e. The Morgan fingerprint density at radius 2 is 1.90 bits per heavy atom. The molecule has 0 aliphatic heterocycles. The molecule has 3 N–H and O–H groups in total. The molecule has 0 saturated heterocycles. The van der Waals surface area contributed by atoms with E-state index in [1.165, 1.54) is 13.2 Å². The summed E-state index contributed by atoms with van der Waals surface area (Å²) in [7, 11) is 1.41. The van der Waals surface area contributed by atoms with Crippen LogP contribution >= 0.6 is 0 Å². The van der Waals surface area contributed by atoms with Crippen LogP contribution in [0.15, 0.2) is 18.2 Å². The Bertz CT molecular complexity index is 521. The molecule has 118 valence electrons. The number of rotatable bonds is 5. The van der Waals surface area contributed by atoms with Gasteiger partial charge in [0.1, 0.15) is 0 Å². The fraction of sp³-hybridized carbons (Fsp3) is 0.562. The van der Waals surface area contributed by atoms with Crippen molar-refractivity contribution in [1.82, 2.24) is 5.32 Å². The Morgan fingerprint density at radius 3 is 2.33 bits per heavy atom. The summed E-state index contributed by atoms with van der Waals surface area (Å²) < 4.78 is 18.6. The molecule has 0 aromatic heterocycles. The monoisotopic (exact) mass is 296 g/mol. The molecule has 0 radical (unpaired) electrons. The van der Waals surface area contributed by atoms with E-state index < -0.39 is 16.8 Å². The van der Waals surface area contributed by atoms with Crippen molar-refractivity contribution in [1.29, 1.82) is 0 Å². The molecule has 1 aromatic rings. The number of amides is 1. The van der Waals surface area contributed by atoms with E-state index in [4.69, 9.17) is 10.5 Å². The van der Waals surface area contributed by atoms with Gasteiger partial charge in [0.05, 0.1) is 18.6 Å². The number of carbonyl (C=O) groups is 1. The lowest BCUT2D eigenvalue weighted by Crippen LogP contribution is -2.55. The molecule has 4 nitrogen and oxygen atoms in total. The third-order valence-electron chi connectivity index (χ3n) is 4.20. The normalized spacial score (nSPS) is 13.7. The lowest BCUT2D eigenvalue weighted by Gasteiger charge is -2.37. The summed E-state index contributed by atoms with van der Waals surface area (Å²) in [6, 6.07) is 4.32. The minimum atomic E-state index is -0.744. The predicted molar refractivity (Wildman–Crippen MR) is 81.6 cm³/mol. The van der Waals surface area contributed by atoms with E-state index in [9.17, 15) is 9.18 Å². The van der Waals surface area contributed by atoms with Crippen molar-refractivity contribution >= 4 is 5.91 Å². The van der Waals surface area contributed by atoms with Crippen molar-refractivity contribution in [3.63, 3.8) is 0 Å². The fourth-order valence-corrected chi connectivity index (χ4v) is 1.70. The molecule has 1 rings (SSSR count). The summed E-state index contributed by atoms with van der Waals surface area (Å²) in [6.07, 6.45) is 0. The third kappa shape index (κ3) is 3.73. The average molecular weight is 296 g/mol. The van der Waals surface area contributed by atoms with E-state index in [-0.39, 0.29) is 17.7 Å². The highest BCUT2D eigenvalue weighted by atomic mass is 19.1. The number of hydrogen-bond donors (Lipinski definition) is 2. The Labute approximate surface area is 125 Å². The average Bonchev–Trinajstić information content (AvgIpc) is 2.36. The molecule has 0 heterocycles. The van der Waals surface area contributed by atoms with Gasteiger partial charge in [0.2, 0.25) is 5.91 Å². The molecule has 0 saturated carbocycles. The van der Waals surface area contributed by atoms with Crippen LogP contribution in [0.2, 0.25) is 0 Å². The van der Waals surface area contributed by atoms with Crippen molar-refractivity contribution in [2.45, 2.75) is 46.2 Å². The van der Waals surface area contributed by atoms with E-state index in [1.807, 2.05) is 13.8 Å². The number of benzene rings is 1. The molecule has 1 unspecified atom stereocenters. The van der Waals surface area contributed by atoms with Crippen LogP contribution in [-0.4, -0.2) is 18.6 Å². The van der Waals surface area contributed by atoms with Crippen LogP contribution in [0.4, 0.5) is 4.39 Å². The number of ether oxygens (including phenoxy) is 1. The molecule has 0 aliphatic carbocycles. The Hall–Kier alpha value is -1.62. The highest BCUT2D eigenvalue weighted by Gasteiger charge is 2.40. The topological polar surface area (TPSA) is 64.3 Å². The molecule has 0 bridgehead atoms. The summed E-state index contributed by atoms with van der Waals surface area (Å²) >= 11 is 0. The molecule has 1 atom stereocenters. The zero-order chi connectivity index (χ0) is 16.4. The van der Waals surface area contributed by atoms with E-state index in [0.717, 1.165) is 0 Å². The molecule has 5 heteroatoms. The van der Waals surface area contributed by atoms with Gasteiger partial charge in [-0.05, 0) is 52.3 Å². The van der Waals surface area contributed by atoms with E-state index in [1.54, 1.807) is 32.9 Å². The van der Waals surface area contributed by atoms with Gasteiger partial charge < -0.3 is 15.8 Å². The predicted octanol–water partition coefficient (Wildman–Crippen LogP) is 2.78. The quantitative estimate of drug-likeness (QED) is 0.878. The molecule has 0 aliphatic rings. The highest BCUT2D eigenvalue weighted by Crippen LogP contribution is 2.30. The van der Waals surface area contributed by atoms with Gasteiger partial charge in [-0.25, -0.2) is 4.39 Å². The van der Waals surface area contributed by atoms with Crippen molar-refractivity contribution < 1.29 is 13.9 Å². The number of halogens is 1. The van der Waals surface area contributed by atoms with E-state index in [0.29, 0.717) is 5.56 Å². The number of nitrogens with one attached hydrogen (secondary N) is 1. The zero-order valence-electron chi connectivity index (χ0n) is 13.6. The van der Waals surface area contributed by atoms with Crippen molar-refractivity contribution in [2.75, 3.05) is 7.11 Å². The van der Waals surface area contributed by atoms with Gasteiger partial charge in [0, 0.05) is 5.54 Å². The summed E-state index contributed by atoms with van der Waals surface area (Å²) in [6.45, 7) is 9.01. The van der Waals surface area contributed by atoms with Crippen LogP contribution in [0.5, 0.6) is 5.75 Å². The smallest absolute Gasteiger partial charge is 0.227 e. The van der Waals surface area contributed by atoms with Gasteiger partial charge in [-0.1, -0.05) is 6.07 Å². The van der Waals surface area contributed by atoms with Crippen molar-refractivity contribution in [3.8, 4) is 5.75 Å². The summed E-state index contributed by atoms with van der Waals surface area (Å²) in [5, 5.41) is 2.88. The van der Waals surface area contributed by atoms with Gasteiger partial charge in [0.25, 0.3) is 0 Å². The van der Waals surface area contributed by atoms with Gasteiger partial charge in [-0.2, -0.15) is 0 Å². The lowest BCUT2D eigenvalue weighted by atomic mass is 9.74. The maximum Gasteiger partial charge on any atom is 0.227 e. The molecule has 0 spiro atoms. The first-order chi connectivity index (χ1) is 9.50. The first-order valence-corrected chi connectivity index (χ1v) is 6.94. The molecule has 0 fully saturated rings. The van der Waals surface area contributed by atoms with Crippen LogP contribution in [0.3, 0.4) is 0 Å². The Balaban J connectivity index is 2.89. The minimum Gasteiger partial charge on any atom is -0.494 e. The highest BCUT2D eigenvalue weighted by molar-refractivity contribution is 5.83. The van der Waals surface area contributed by atoms with E-state index >= 15 is 0 Å². The molecule has 21 heavy (non-hydrogen) atoms. The summed E-state index contributed by atoms with van der Waals surface area (Å²) in [5.41, 5.74) is 5.32. The maximum atomic E-state index is 13.7. The van der Waals surface area contributed by atoms with Gasteiger partial charge in [-0.15, -0.1) is 0 Å². The second-order valence-corrected chi connectivity index (χ2v) is 6.44. The van der Waals surface area contributed by atoms with Crippen LogP contribution < -0.4 is 15.8 Å². The number of hydrogen-bond acceptors (Lipinski definition) is 3. The van der Waals surface area contributed by atoms with Crippen LogP contribution in [-0.2, 0) is 4.79 Å². The van der Waals surface area contributed by atoms with Gasteiger partial charge >= 0.3 is 0 Å². The van der Waals surface area contributed by atoms with Crippen molar-refractivity contribution in [3.05, 3.63) is 29.6 Å². The van der Waals surface area contributed by atoms with Gasteiger partial charge in [-0.3, -0.25) is 4.79 Å². The number of nitrogens with two attached hydrogens (primary N) is 1. The molecule has 1 aromatic carbocycles. The number of carbonyl (C=O) groups excluding carboxylic acids is 1. The summed E-state index contributed by atoms with van der Waals surface area (Å²) in [4.78, 5) is 12.4. The summed E-state index contributed by atoms with van der Waals surface area (Å²) in [5.74, 6) is -0.436. The van der Waals surface area contributed by atoms with E-state index in [2.05, 4.69) is 5.32 Å². The minimum absolute atomic E-state index is 0.168. The fourth-order valence-electron chi connectivity index (χ4n) is 1.70. The zero-order valence-corrected chi connectivity index (χ0v) is 13.6. The first kappa shape index (κ1) is 17.4. The first-order valence-electron chi connectivity index (χ1n) is 6.94. The van der Waals surface area contributed by atoms with Gasteiger partial charge in [0.15, 0.2) is 11.6 Å². The van der Waals surface area contributed by atoms with Crippen molar-refractivity contribution in [2.24, 2.45) is 11.1 Å². The van der Waals surface area contributed by atoms with Crippen LogP contribution in [0, 0.1) is 11.2 Å². The Morgan fingerprint density at radius 1 is 1.33 bits per heavy atom. The molecular weight excluding hydrogens is 271 g/mol. The lowest BCUT2D eigenvalue weighted by molar-refractivity contribution is -0.132. The Kier molecular flexibility index (Phi) is 4.99. The molecule has 1 amide bonds. The third-order valence-corrected chi connectivity index (χ3v) is 4.20. The maximum absolute atomic E-state index is 13.7. The number of methoxy groups -OCH3 is 1. The SMILES string of the molecule is COc1ccc(C(C)NC(=O)C(C)(C)C(C)(C)N)cc1F. The van der Waals surface area contributed by atoms with Crippen LogP contribution in [0.25, 0.3) is 0 Å². The standard InChI is InChI=1S/C16H25FN2O2/c1-10(11-7-8-13(21-6)12(17)9-11)19-14(20)15(2,3)16(4,5)18/h7-10H,18H2,1-6H3,(H,19,20). The molecular formula is C16H25FN2O2. The second kappa shape index (κ2) is 6.02. The van der Waals surface area contributed by atoms with Crippen LogP contribution in [0.1, 0.15) is 46.2 Å².